The van der Waals surface area contributed by atoms with Crippen LogP contribution in [0.5, 0.6) is 0 Å². The van der Waals surface area contributed by atoms with Gasteiger partial charge >= 0.3 is 5.37 Å². The zero-order valence-electron chi connectivity index (χ0n) is 41.6. The summed E-state index contributed by atoms with van der Waals surface area (Å²) in [6.07, 6.45) is 20.3. The van der Waals surface area contributed by atoms with Crippen LogP contribution in [-0.4, -0.2) is 152 Å². The molecule has 6 aromatic rings. The lowest BCUT2D eigenvalue weighted by atomic mass is 10.0. The van der Waals surface area contributed by atoms with Crippen LogP contribution in [0.15, 0.2) is 38.0 Å². The maximum atomic E-state index is 12.2. The van der Waals surface area contributed by atoms with Crippen LogP contribution in [-0.2, 0) is 27.7 Å². The Labute approximate surface area is 433 Å². The number of anilines is 1. The topological polar surface area (TPSA) is 255 Å². The normalized spacial score (nSPS) is 18.4. The number of aromatic nitrogens is 12. The van der Waals surface area contributed by atoms with Gasteiger partial charge in [-0.1, -0.05) is 63.2 Å². The predicted molar refractivity (Wildman–Crippen MR) is 274 cm³/mol. The van der Waals surface area contributed by atoms with E-state index < -0.39 is 0 Å². The Bertz CT molecular complexity index is 2710. The molecule has 4 amide bonds. The minimum atomic E-state index is -0.366. The number of nitrogens with zero attached hydrogens (tertiary/aromatic N) is 15. The van der Waals surface area contributed by atoms with E-state index >= 15 is 0 Å². The van der Waals surface area contributed by atoms with Crippen molar-refractivity contribution in [2.45, 2.75) is 125 Å². The molecule has 1 saturated carbocycles. The van der Waals surface area contributed by atoms with E-state index in [9.17, 15) is 19.2 Å². The largest absolute Gasteiger partial charge is 0.376 e. The van der Waals surface area contributed by atoms with Gasteiger partial charge in [0.1, 0.15) is 55.6 Å². The van der Waals surface area contributed by atoms with Gasteiger partial charge in [0.2, 0.25) is 17.7 Å². The minimum Gasteiger partial charge on any atom is -0.376 e. The Kier molecular flexibility index (Phi) is 21.0. The number of rotatable bonds is 15. The fraction of sp³-hybridized carbons (Fsp3) is 0.596. The number of fused-ring (bicyclic) bond motifs is 3. The monoisotopic (exact) mass is 1050 g/mol. The summed E-state index contributed by atoms with van der Waals surface area (Å²) in [7, 11) is 0. The summed E-state index contributed by atoms with van der Waals surface area (Å²) >= 11 is 16.8. The molecule has 0 bridgehead atoms. The van der Waals surface area contributed by atoms with E-state index in [1.54, 1.807) is 23.9 Å². The predicted octanol–water partition coefficient (Wildman–Crippen LogP) is 7.37. The molecular weight excluding hydrogens is 989 g/mol. The maximum Gasteiger partial charge on any atom is 0.316 e. The van der Waals surface area contributed by atoms with Crippen molar-refractivity contribution in [2.24, 2.45) is 17.8 Å². The first-order chi connectivity index (χ1) is 34.8. The average Bonchev–Trinajstić information content (AvgIpc) is 3.94. The summed E-state index contributed by atoms with van der Waals surface area (Å²) in [4.78, 5) is 92.2. The molecular formula is C47H66Cl3N17O5. The fourth-order valence-electron chi connectivity index (χ4n) is 8.82. The number of H-pyrrole nitrogens is 1. The molecule has 3 N–H and O–H groups in total. The molecule has 3 saturated heterocycles. The van der Waals surface area contributed by atoms with Gasteiger partial charge in [-0.3, -0.25) is 28.3 Å². The number of nitrogens with one attached hydrogen (secondary N) is 2. The van der Waals surface area contributed by atoms with Crippen molar-refractivity contribution in [1.29, 1.82) is 0 Å². The smallest absolute Gasteiger partial charge is 0.316 e. The van der Waals surface area contributed by atoms with Gasteiger partial charge in [0.25, 0.3) is 0 Å². The number of aromatic amines is 1. The lowest BCUT2D eigenvalue weighted by Crippen LogP contribution is -2.27. The number of aliphatic hydroxyl groups is 1. The summed E-state index contributed by atoms with van der Waals surface area (Å²) in [5.41, 5.74) is 4.10. The lowest BCUT2D eigenvalue weighted by molar-refractivity contribution is -0.131. The SMILES string of the molecule is CCCC1CC(=O)N(CO)C1.CCCC1CC(=O)N(Cn2cnc3c(Cl)ncnc32)C1.CCCC1CC(=O)N(Cn2cnc3c(NC4CC4)ncnc32)C1.CCN(CC)C(=O)Cl.Clc1ncnc2nc[nH]c12. The molecule has 0 spiro atoms. The number of amides is 4. The molecule has 3 atom stereocenters. The fourth-order valence-corrected chi connectivity index (χ4v) is 9.42. The molecule has 0 aromatic carbocycles. The Balaban J connectivity index is 0.000000156. The molecule has 4 fully saturated rings. The van der Waals surface area contributed by atoms with Gasteiger partial charge in [0.15, 0.2) is 33.1 Å². The number of carbonyl (C=O) groups is 4. The molecule has 1 aliphatic carbocycles. The van der Waals surface area contributed by atoms with Crippen molar-refractivity contribution in [3.05, 3.63) is 48.3 Å². The van der Waals surface area contributed by atoms with Crippen LogP contribution in [0, 0.1) is 17.8 Å². The van der Waals surface area contributed by atoms with E-state index in [0.717, 1.165) is 75.1 Å². The highest BCUT2D eigenvalue weighted by atomic mass is 35.5. The molecule has 390 valence electrons. The van der Waals surface area contributed by atoms with Crippen LogP contribution in [0.1, 0.15) is 105 Å². The van der Waals surface area contributed by atoms with Crippen molar-refractivity contribution in [3.8, 4) is 0 Å². The standard InChI is InChI=1S/C16H22N6O.C13H16ClN5O.C8H15NO2.C5H3ClN4.C5H10ClNO/c1-2-3-11-6-13(23)21(7-11)10-22-9-19-14-15(20-12-4-5-12)17-8-18-16(14)22;1-2-3-9-4-10(20)18(5-9)8-19-7-17-11-12(14)15-6-16-13(11)19;1-2-3-7-4-8(11)9(5-7)6-10;6-4-3-5(9-1-7-3)10-2-8-4;1-3-7(4-2)5(6)8/h8-9,11-12H,2-7,10H2,1H3,(H,17,18,20);6-7,9H,2-5,8H2,1H3;7,10H,2-6H2,1H3;1-2H,(H,7,8,9,10);3-4H2,1-2H3. The molecule has 10 rings (SSSR count). The van der Waals surface area contributed by atoms with E-state index in [0.29, 0.717) is 102 Å². The van der Waals surface area contributed by atoms with Gasteiger partial charge in [0, 0.05) is 58.0 Å². The van der Waals surface area contributed by atoms with Gasteiger partial charge in [0.05, 0.1) is 19.0 Å². The lowest BCUT2D eigenvalue weighted by Gasteiger charge is -2.17. The second-order valence-electron chi connectivity index (χ2n) is 18.1. The maximum absolute atomic E-state index is 12.2. The van der Waals surface area contributed by atoms with Gasteiger partial charge in [-0.15, -0.1) is 0 Å². The number of halogens is 3. The van der Waals surface area contributed by atoms with E-state index in [1.165, 1.54) is 36.7 Å². The van der Waals surface area contributed by atoms with Gasteiger partial charge in [-0.25, -0.2) is 44.9 Å². The summed E-state index contributed by atoms with van der Waals surface area (Å²) in [6.45, 7) is 14.9. The molecule has 3 unspecified atom stereocenters. The number of hydrogen-bond donors (Lipinski definition) is 3. The van der Waals surface area contributed by atoms with Crippen LogP contribution in [0.2, 0.25) is 10.3 Å². The van der Waals surface area contributed by atoms with Crippen LogP contribution in [0.25, 0.3) is 33.5 Å². The zero-order chi connectivity index (χ0) is 51.7. The van der Waals surface area contributed by atoms with Gasteiger partial charge < -0.3 is 35.0 Å². The second-order valence-corrected chi connectivity index (χ2v) is 19.2. The molecule has 72 heavy (non-hydrogen) atoms. The van der Waals surface area contributed by atoms with E-state index in [2.05, 4.69) is 75.9 Å². The Morgan fingerprint density at radius 3 is 1.62 bits per heavy atom. The third kappa shape index (κ3) is 15.1. The van der Waals surface area contributed by atoms with Crippen molar-refractivity contribution in [3.63, 3.8) is 0 Å². The van der Waals surface area contributed by atoms with Crippen molar-refractivity contribution < 1.29 is 24.3 Å². The number of hydrogen-bond acceptors (Lipinski definition) is 15. The number of likely N-dealkylation sites (tertiary alicyclic amines) is 3. The van der Waals surface area contributed by atoms with Crippen LogP contribution >= 0.6 is 34.8 Å². The van der Waals surface area contributed by atoms with E-state index in [-0.39, 0.29) is 29.8 Å². The first-order valence-electron chi connectivity index (χ1n) is 24.7. The Morgan fingerprint density at radius 1 is 0.667 bits per heavy atom. The number of aliphatic hydroxyl groups excluding tert-OH is 1. The quantitative estimate of drug-likeness (QED) is 0.0515. The summed E-state index contributed by atoms with van der Waals surface area (Å²) in [5.74, 6) is 2.78. The van der Waals surface area contributed by atoms with Gasteiger partial charge in [-0.05, 0) is 75.3 Å². The average molecular weight is 1060 g/mol. The van der Waals surface area contributed by atoms with Crippen molar-refractivity contribution >= 4 is 97.2 Å². The first-order valence-corrected chi connectivity index (χ1v) is 25.9. The summed E-state index contributed by atoms with van der Waals surface area (Å²) in [6, 6.07) is 0.521. The molecule has 25 heteroatoms. The number of carbonyl (C=O) groups excluding carboxylic acids is 4. The molecule has 0 radical (unpaired) electrons. The Morgan fingerprint density at radius 2 is 1.15 bits per heavy atom. The van der Waals surface area contributed by atoms with Crippen molar-refractivity contribution in [2.75, 3.05) is 44.8 Å². The highest BCUT2D eigenvalue weighted by Crippen LogP contribution is 2.29. The van der Waals surface area contributed by atoms with Crippen molar-refractivity contribution in [1.82, 2.24) is 78.6 Å². The second kappa shape index (κ2) is 27.3. The molecule has 6 aromatic heterocycles. The third-order valence-corrected chi connectivity index (χ3v) is 13.5. The molecule has 9 heterocycles. The summed E-state index contributed by atoms with van der Waals surface area (Å²) in [5, 5.41) is 12.5. The van der Waals surface area contributed by atoms with Crippen LogP contribution in [0.4, 0.5) is 10.6 Å². The van der Waals surface area contributed by atoms with Crippen LogP contribution in [0.3, 0.4) is 0 Å². The first kappa shape index (κ1) is 55.5. The van der Waals surface area contributed by atoms with E-state index in [4.69, 9.17) is 39.9 Å². The van der Waals surface area contributed by atoms with Gasteiger partial charge in [-0.2, -0.15) is 0 Å². The number of imidazole rings is 3. The highest BCUT2D eigenvalue weighted by molar-refractivity contribution is 6.62. The molecule has 3 aliphatic heterocycles. The minimum absolute atomic E-state index is 0.103. The molecule has 22 nitrogen and oxygen atoms in total. The third-order valence-electron chi connectivity index (χ3n) is 12.7. The van der Waals surface area contributed by atoms with E-state index in [1.807, 2.05) is 32.8 Å². The highest BCUT2D eigenvalue weighted by Gasteiger charge is 2.31. The van der Waals surface area contributed by atoms with Crippen LogP contribution < -0.4 is 5.32 Å². The zero-order valence-corrected chi connectivity index (χ0v) is 43.9. The molecule has 4 aliphatic rings. The summed E-state index contributed by atoms with van der Waals surface area (Å²) < 4.78 is 3.79. The Hall–Kier alpha value is -5.84.